The van der Waals surface area contributed by atoms with Gasteiger partial charge >= 0.3 is 23.9 Å². The zero-order valence-corrected chi connectivity index (χ0v) is 14.2. The van der Waals surface area contributed by atoms with Gasteiger partial charge in [-0.3, -0.25) is 19.2 Å². The van der Waals surface area contributed by atoms with Gasteiger partial charge in [0.15, 0.2) is 0 Å². The Balaban J connectivity index is -0.000000282. The van der Waals surface area contributed by atoms with Crippen molar-refractivity contribution in [1.82, 2.24) is 0 Å². The Bertz CT molecular complexity index is 406. The predicted molar refractivity (Wildman–Crippen MR) is 87.8 cm³/mol. The highest BCUT2D eigenvalue weighted by Crippen LogP contribution is 1.97. The smallest absolute Gasteiger partial charge is 0.321 e. The minimum absolute atomic E-state index is 0.532. The van der Waals surface area contributed by atoms with Gasteiger partial charge in [-0.15, -0.1) is 0 Å². The molecular formula is C12H25N3O8S. The first-order valence-electron chi connectivity index (χ1n) is 6.52. The number of nitrogens with two attached hydrogens (primary N) is 3. The lowest BCUT2D eigenvalue weighted by Crippen LogP contribution is -2.32. The largest absolute Gasteiger partial charge is 0.481 e. The third-order valence-corrected chi connectivity index (χ3v) is 2.70. The Morgan fingerprint density at radius 2 is 1.25 bits per heavy atom. The summed E-state index contributed by atoms with van der Waals surface area (Å²) in [6.45, 7) is 1.42. The zero-order chi connectivity index (χ0) is 19.9. The van der Waals surface area contributed by atoms with Crippen LogP contribution < -0.4 is 17.2 Å². The summed E-state index contributed by atoms with van der Waals surface area (Å²) >= 11 is 1.60. The van der Waals surface area contributed by atoms with Crippen molar-refractivity contribution in [2.45, 2.75) is 37.9 Å². The first kappa shape index (κ1) is 27.0. The summed E-state index contributed by atoms with van der Waals surface area (Å²) in [5.74, 6) is -3.56. The minimum atomic E-state index is -1.29. The average Bonchev–Trinajstić information content (AvgIpc) is 2.44. The van der Waals surface area contributed by atoms with E-state index in [1.807, 2.05) is 6.26 Å². The van der Waals surface area contributed by atoms with Gasteiger partial charge in [-0.2, -0.15) is 11.8 Å². The van der Waals surface area contributed by atoms with Crippen LogP contribution in [0.1, 0.15) is 19.8 Å². The van der Waals surface area contributed by atoms with Crippen LogP contribution in [0.3, 0.4) is 0 Å². The van der Waals surface area contributed by atoms with Crippen molar-refractivity contribution < 1.29 is 39.6 Å². The summed E-state index contributed by atoms with van der Waals surface area (Å²) in [6, 6.07) is -2.70. The standard InChI is InChI=1S/C5H11NO2S.C4H7NO4.C3H7NO2/c1-9-3-2-4(6)5(7)8;5-2(4(8)9)1-3(6)7;1-2(4)3(5)6/h4H,2-3,6H2,1H3,(H,7,8);2H,1,5H2,(H,6,7)(H,8,9);2H,4H2,1H3,(H,5,6)/t4-;2*2-/m000/s1. The number of carbonyl (C=O) groups is 4. The molecule has 0 aliphatic carbocycles. The van der Waals surface area contributed by atoms with Crippen LogP contribution >= 0.6 is 11.8 Å². The van der Waals surface area contributed by atoms with Crippen LogP contribution in [-0.4, -0.2) is 74.4 Å². The van der Waals surface area contributed by atoms with Gasteiger partial charge in [0.2, 0.25) is 0 Å². The highest BCUT2D eigenvalue weighted by Gasteiger charge is 2.14. The van der Waals surface area contributed by atoms with E-state index in [2.05, 4.69) is 0 Å². The van der Waals surface area contributed by atoms with Crippen LogP contribution in [0.4, 0.5) is 0 Å². The summed E-state index contributed by atoms with van der Waals surface area (Å²) in [7, 11) is 0. The third-order valence-electron chi connectivity index (χ3n) is 2.05. The first-order valence-corrected chi connectivity index (χ1v) is 7.92. The van der Waals surface area contributed by atoms with Gasteiger partial charge in [-0.05, 0) is 25.4 Å². The maximum absolute atomic E-state index is 10.1. The van der Waals surface area contributed by atoms with Gasteiger partial charge in [-0.25, -0.2) is 0 Å². The lowest BCUT2D eigenvalue weighted by Gasteiger charge is -2.02. The second-order valence-corrected chi connectivity index (χ2v) is 5.38. The molecule has 0 aliphatic rings. The topological polar surface area (TPSA) is 227 Å². The van der Waals surface area contributed by atoms with E-state index in [4.69, 9.17) is 37.6 Å². The first-order chi connectivity index (χ1) is 10.9. The number of thioether (sulfide) groups is 1. The van der Waals surface area contributed by atoms with Crippen LogP contribution in [0.2, 0.25) is 0 Å². The van der Waals surface area contributed by atoms with Gasteiger partial charge in [0.1, 0.15) is 18.1 Å². The molecule has 0 saturated heterocycles. The van der Waals surface area contributed by atoms with Gasteiger partial charge < -0.3 is 37.6 Å². The van der Waals surface area contributed by atoms with E-state index in [1.165, 1.54) is 6.92 Å². The normalized spacial score (nSPS) is 13.0. The zero-order valence-electron chi connectivity index (χ0n) is 13.4. The van der Waals surface area contributed by atoms with Crippen molar-refractivity contribution >= 4 is 35.6 Å². The molecule has 0 aromatic carbocycles. The van der Waals surface area contributed by atoms with Crippen molar-refractivity contribution in [1.29, 1.82) is 0 Å². The molecule has 0 fully saturated rings. The molecule has 0 saturated carbocycles. The fraction of sp³-hybridized carbons (Fsp3) is 0.667. The number of carboxylic acids is 4. The highest BCUT2D eigenvalue weighted by molar-refractivity contribution is 7.98. The number of hydrogen-bond donors (Lipinski definition) is 7. The molecule has 0 unspecified atom stereocenters. The van der Waals surface area contributed by atoms with Gasteiger partial charge in [-0.1, -0.05) is 0 Å². The maximum atomic E-state index is 10.1. The van der Waals surface area contributed by atoms with Gasteiger partial charge in [0.05, 0.1) is 6.42 Å². The second kappa shape index (κ2) is 16.0. The summed E-state index contributed by atoms with van der Waals surface area (Å²) in [5, 5.41) is 32.2. The SMILES string of the molecule is CSCC[C@H](N)C(=O)O.C[C@H](N)C(=O)O.N[C@@H](CC(=O)O)C(=O)O. The molecule has 0 spiro atoms. The number of hydrogen-bond acceptors (Lipinski definition) is 8. The lowest BCUT2D eigenvalue weighted by atomic mass is 10.2. The molecule has 0 rings (SSSR count). The summed E-state index contributed by atoms with van der Waals surface area (Å²) < 4.78 is 0. The monoisotopic (exact) mass is 371 g/mol. The quantitative estimate of drug-likeness (QED) is 0.257. The molecule has 3 atom stereocenters. The molecule has 10 N–H and O–H groups in total. The Morgan fingerprint density at radius 3 is 1.42 bits per heavy atom. The molecule has 0 radical (unpaired) electrons. The van der Waals surface area contributed by atoms with Crippen molar-refractivity contribution in [2.24, 2.45) is 17.2 Å². The van der Waals surface area contributed by atoms with Crippen LogP contribution in [-0.2, 0) is 19.2 Å². The molecular weight excluding hydrogens is 346 g/mol. The van der Waals surface area contributed by atoms with Crippen LogP contribution in [0.5, 0.6) is 0 Å². The Hall–Kier alpha value is -1.89. The van der Waals surface area contributed by atoms with Crippen molar-refractivity contribution in [2.75, 3.05) is 12.0 Å². The minimum Gasteiger partial charge on any atom is -0.481 e. The van der Waals surface area contributed by atoms with Crippen molar-refractivity contribution in [3.63, 3.8) is 0 Å². The molecule has 0 aromatic rings. The fourth-order valence-corrected chi connectivity index (χ4v) is 1.13. The average molecular weight is 371 g/mol. The second-order valence-electron chi connectivity index (χ2n) is 4.40. The molecule has 0 aromatic heterocycles. The van der Waals surface area contributed by atoms with E-state index in [-0.39, 0.29) is 0 Å². The summed E-state index contributed by atoms with van der Waals surface area (Å²) in [5.41, 5.74) is 14.9. The van der Waals surface area contributed by atoms with Crippen LogP contribution in [0.25, 0.3) is 0 Å². The van der Waals surface area contributed by atoms with E-state index < -0.39 is 48.4 Å². The summed E-state index contributed by atoms with van der Waals surface area (Å²) in [4.78, 5) is 39.3. The van der Waals surface area contributed by atoms with Gasteiger partial charge in [0, 0.05) is 0 Å². The van der Waals surface area contributed by atoms with Crippen molar-refractivity contribution in [3.8, 4) is 0 Å². The third kappa shape index (κ3) is 22.4. The van der Waals surface area contributed by atoms with E-state index in [1.54, 1.807) is 11.8 Å². The number of carboxylic acid groups (broad SMARTS) is 4. The molecule has 0 heterocycles. The molecule has 12 heteroatoms. The van der Waals surface area contributed by atoms with Crippen LogP contribution in [0.15, 0.2) is 0 Å². The molecule has 24 heavy (non-hydrogen) atoms. The Labute approximate surface area is 143 Å². The van der Waals surface area contributed by atoms with E-state index >= 15 is 0 Å². The molecule has 0 bridgehead atoms. The Kier molecular flexibility index (Phi) is 18.0. The molecule has 0 amide bonds. The van der Waals surface area contributed by atoms with Crippen molar-refractivity contribution in [3.05, 3.63) is 0 Å². The van der Waals surface area contributed by atoms with E-state index in [9.17, 15) is 19.2 Å². The number of aliphatic carboxylic acids is 4. The number of rotatable bonds is 8. The summed E-state index contributed by atoms with van der Waals surface area (Å²) in [6.07, 6.45) is 1.94. The van der Waals surface area contributed by atoms with E-state index in [0.29, 0.717) is 6.42 Å². The highest BCUT2D eigenvalue weighted by atomic mass is 32.2. The predicted octanol–water partition coefficient (Wildman–Crippen LogP) is -1.56. The molecule has 0 aliphatic heterocycles. The van der Waals surface area contributed by atoms with Crippen LogP contribution in [0, 0.1) is 0 Å². The molecule has 142 valence electrons. The molecule has 11 nitrogen and oxygen atoms in total. The lowest BCUT2D eigenvalue weighted by molar-refractivity contribution is -0.144. The maximum Gasteiger partial charge on any atom is 0.321 e. The Morgan fingerprint density at radius 1 is 0.875 bits per heavy atom. The van der Waals surface area contributed by atoms with E-state index in [0.717, 1.165) is 5.75 Å². The van der Waals surface area contributed by atoms with Gasteiger partial charge in [0.25, 0.3) is 0 Å². The fourth-order valence-electron chi connectivity index (χ4n) is 0.644.